The number of carboxylic acids is 1. The number of nitro groups is 1. The fourth-order valence-electron chi connectivity index (χ4n) is 2.88. The Morgan fingerprint density at radius 2 is 1.89 bits per heavy atom. The number of para-hydroxylation sites is 1. The molecule has 1 amide bonds. The van der Waals surface area contributed by atoms with Crippen LogP contribution in [0.4, 0.5) is 11.6 Å². The van der Waals surface area contributed by atoms with Crippen molar-refractivity contribution in [1.82, 2.24) is 14.9 Å². The minimum atomic E-state index is -1.24. The lowest BCUT2D eigenvalue weighted by Gasteiger charge is -2.39. The number of carbonyl (C=O) groups excluding carboxylic acids is 1. The van der Waals surface area contributed by atoms with Crippen molar-refractivity contribution in [3.05, 3.63) is 52.3 Å². The third-order valence-corrected chi connectivity index (χ3v) is 4.20. The molecule has 140 valence electrons. The van der Waals surface area contributed by atoms with Crippen molar-refractivity contribution < 1.29 is 24.7 Å². The molecule has 3 rings (SSSR count). The first-order valence-corrected chi connectivity index (χ1v) is 7.92. The molecule has 0 aliphatic carbocycles. The molecule has 0 spiro atoms. The molecule has 1 unspecified atom stereocenters. The third kappa shape index (κ3) is 3.47. The van der Waals surface area contributed by atoms with Gasteiger partial charge >= 0.3 is 11.7 Å². The number of carboxylic acid groups (broad SMARTS) is 1. The number of carbonyl (C=O) groups is 2. The van der Waals surface area contributed by atoms with E-state index in [4.69, 9.17) is 0 Å². The second-order valence-electron chi connectivity index (χ2n) is 5.78. The molecule has 0 bridgehead atoms. The highest BCUT2D eigenvalue weighted by Crippen LogP contribution is 2.31. The van der Waals surface area contributed by atoms with E-state index in [0.29, 0.717) is 5.95 Å². The van der Waals surface area contributed by atoms with E-state index < -0.39 is 34.3 Å². The van der Waals surface area contributed by atoms with E-state index in [1.54, 1.807) is 11.0 Å². The van der Waals surface area contributed by atoms with Gasteiger partial charge in [-0.2, -0.15) is 0 Å². The molecule has 11 nitrogen and oxygen atoms in total. The van der Waals surface area contributed by atoms with Gasteiger partial charge in [0, 0.05) is 31.5 Å². The van der Waals surface area contributed by atoms with Crippen LogP contribution in [0.15, 0.2) is 36.7 Å². The van der Waals surface area contributed by atoms with E-state index in [1.165, 1.54) is 24.5 Å². The van der Waals surface area contributed by atoms with Crippen LogP contribution in [0.5, 0.6) is 5.75 Å². The summed E-state index contributed by atoms with van der Waals surface area (Å²) in [7, 11) is 0. The Labute approximate surface area is 152 Å². The molecule has 1 saturated heterocycles. The smallest absolute Gasteiger partial charge is 0.328 e. The second kappa shape index (κ2) is 7.23. The van der Waals surface area contributed by atoms with E-state index in [0.717, 1.165) is 11.0 Å². The molecule has 1 fully saturated rings. The van der Waals surface area contributed by atoms with E-state index in [-0.39, 0.29) is 25.2 Å². The maximum atomic E-state index is 12.8. The van der Waals surface area contributed by atoms with Crippen LogP contribution in [0, 0.1) is 10.1 Å². The largest absolute Gasteiger partial charge is 0.502 e. The number of benzene rings is 1. The standard InChI is InChI=1S/C16H15N5O6/c22-13-10(3-1-4-11(13)21(26)27)14(23)20-8-7-19(9-12(20)15(24)25)16-17-5-2-6-18-16/h1-6,12,22H,7-9H2,(H,24,25). The molecule has 1 aliphatic heterocycles. The van der Waals surface area contributed by atoms with Gasteiger partial charge in [0.15, 0.2) is 0 Å². The average Bonchev–Trinajstić information content (AvgIpc) is 2.67. The number of aromatic hydroxyl groups is 1. The summed E-state index contributed by atoms with van der Waals surface area (Å²) in [6.45, 7) is 0.242. The van der Waals surface area contributed by atoms with Crippen molar-refractivity contribution in [2.75, 3.05) is 24.5 Å². The summed E-state index contributed by atoms with van der Waals surface area (Å²) in [6.07, 6.45) is 3.05. The van der Waals surface area contributed by atoms with Crippen LogP contribution in [0.3, 0.4) is 0 Å². The highest BCUT2D eigenvalue weighted by Gasteiger charge is 2.38. The van der Waals surface area contributed by atoms with Gasteiger partial charge in [-0.1, -0.05) is 6.07 Å². The molecule has 2 aromatic rings. The number of nitro benzene ring substituents is 1. The molecule has 1 aliphatic rings. The van der Waals surface area contributed by atoms with Gasteiger partial charge in [0.2, 0.25) is 11.7 Å². The lowest BCUT2D eigenvalue weighted by molar-refractivity contribution is -0.385. The Morgan fingerprint density at radius 3 is 2.52 bits per heavy atom. The molecule has 2 N–H and O–H groups in total. The summed E-state index contributed by atoms with van der Waals surface area (Å²) in [6, 6.07) is 3.94. The highest BCUT2D eigenvalue weighted by molar-refractivity contribution is 6.00. The lowest BCUT2D eigenvalue weighted by Crippen LogP contribution is -2.58. The molecule has 27 heavy (non-hydrogen) atoms. The average molecular weight is 373 g/mol. The molecule has 0 radical (unpaired) electrons. The Hall–Kier alpha value is -3.76. The van der Waals surface area contributed by atoms with Crippen LogP contribution in [0.25, 0.3) is 0 Å². The first-order valence-electron chi connectivity index (χ1n) is 7.92. The molecule has 1 aromatic carbocycles. The molecule has 2 heterocycles. The van der Waals surface area contributed by atoms with Gasteiger partial charge in [-0.05, 0) is 12.1 Å². The molecule has 11 heteroatoms. The van der Waals surface area contributed by atoms with Gasteiger partial charge < -0.3 is 20.0 Å². The van der Waals surface area contributed by atoms with Crippen LogP contribution >= 0.6 is 0 Å². The molecule has 0 saturated carbocycles. The predicted molar refractivity (Wildman–Crippen MR) is 91.5 cm³/mol. The summed E-state index contributed by atoms with van der Waals surface area (Å²) < 4.78 is 0. The van der Waals surface area contributed by atoms with Crippen LogP contribution in [0.1, 0.15) is 10.4 Å². The van der Waals surface area contributed by atoms with Crippen molar-refractivity contribution in [1.29, 1.82) is 0 Å². The summed E-state index contributed by atoms with van der Waals surface area (Å²) in [4.78, 5) is 45.5. The zero-order valence-electron chi connectivity index (χ0n) is 13.9. The number of aromatic nitrogens is 2. The maximum Gasteiger partial charge on any atom is 0.328 e. The Balaban J connectivity index is 1.88. The zero-order valence-corrected chi connectivity index (χ0v) is 13.9. The molecule has 1 atom stereocenters. The van der Waals surface area contributed by atoms with Gasteiger partial charge in [0.1, 0.15) is 6.04 Å². The third-order valence-electron chi connectivity index (χ3n) is 4.20. The van der Waals surface area contributed by atoms with E-state index >= 15 is 0 Å². The number of amides is 1. The number of piperazine rings is 1. The van der Waals surface area contributed by atoms with Crippen LogP contribution in [0.2, 0.25) is 0 Å². The van der Waals surface area contributed by atoms with Crippen molar-refractivity contribution in [2.24, 2.45) is 0 Å². The maximum absolute atomic E-state index is 12.8. The van der Waals surface area contributed by atoms with Crippen LogP contribution in [-0.4, -0.2) is 67.6 Å². The van der Waals surface area contributed by atoms with Gasteiger partial charge in [0.25, 0.3) is 5.91 Å². The Bertz CT molecular complexity index is 890. The number of hydrogen-bond donors (Lipinski definition) is 2. The number of aliphatic carboxylic acids is 1. The topological polar surface area (TPSA) is 150 Å². The van der Waals surface area contributed by atoms with Gasteiger partial charge in [-0.3, -0.25) is 14.9 Å². The van der Waals surface area contributed by atoms with Crippen LogP contribution < -0.4 is 4.90 Å². The van der Waals surface area contributed by atoms with Crippen LogP contribution in [-0.2, 0) is 4.79 Å². The SMILES string of the molecule is O=C(O)C1CN(c2ncccn2)CCN1C(=O)c1cccc([N+](=O)[O-])c1O. The van der Waals surface area contributed by atoms with Gasteiger partial charge in [-0.25, -0.2) is 14.8 Å². The van der Waals surface area contributed by atoms with E-state index in [2.05, 4.69) is 9.97 Å². The molecular weight excluding hydrogens is 358 g/mol. The Kier molecular flexibility index (Phi) is 4.83. The van der Waals surface area contributed by atoms with E-state index in [9.17, 15) is 29.9 Å². The van der Waals surface area contributed by atoms with E-state index in [1.807, 2.05) is 0 Å². The molecular formula is C16H15N5O6. The van der Waals surface area contributed by atoms with Gasteiger partial charge in [0.05, 0.1) is 17.0 Å². The number of hydrogen-bond acceptors (Lipinski definition) is 8. The number of nitrogens with zero attached hydrogens (tertiary/aromatic N) is 5. The summed E-state index contributed by atoms with van der Waals surface area (Å²) in [5.41, 5.74) is -0.941. The normalized spacial score (nSPS) is 16.8. The fourth-order valence-corrected chi connectivity index (χ4v) is 2.88. The quantitative estimate of drug-likeness (QED) is 0.577. The minimum absolute atomic E-state index is 0.0240. The molecule has 1 aromatic heterocycles. The van der Waals surface area contributed by atoms with Gasteiger partial charge in [-0.15, -0.1) is 0 Å². The number of phenolic OH excluding ortho intramolecular Hbond substituents is 1. The van der Waals surface area contributed by atoms with Crippen molar-refractivity contribution in [3.8, 4) is 5.75 Å². The first-order chi connectivity index (χ1) is 12.9. The minimum Gasteiger partial charge on any atom is -0.502 e. The zero-order chi connectivity index (χ0) is 19.6. The summed E-state index contributed by atoms with van der Waals surface area (Å²) in [5.74, 6) is -2.48. The highest BCUT2D eigenvalue weighted by atomic mass is 16.6. The predicted octanol–water partition coefficient (Wildman–Crippen LogP) is 0.506. The van der Waals surface area contributed by atoms with Crippen molar-refractivity contribution >= 4 is 23.5 Å². The summed E-state index contributed by atoms with van der Waals surface area (Å²) in [5, 5.41) is 30.5. The van der Waals surface area contributed by atoms with Crippen molar-refractivity contribution in [2.45, 2.75) is 6.04 Å². The monoisotopic (exact) mass is 373 g/mol. The second-order valence-corrected chi connectivity index (χ2v) is 5.78. The first kappa shape index (κ1) is 18.0. The van der Waals surface area contributed by atoms with Crippen molar-refractivity contribution in [3.63, 3.8) is 0 Å². The number of phenols is 1. The fraction of sp³-hybridized carbons (Fsp3) is 0.250. The summed E-state index contributed by atoms with van der Waals surface area (Å²) >= 11 is 0. The number of rotatable bonds is 4. The lowest BCUT2D eigenvalue weighted by atomic mass is 10.1. The Morgan fingerprint density at radius 1 is 1.19 bits per heavy atom. The number of anilines is 1.